The topological polar surface area (TPSA) is 58.0 Å². The van der Waals surface area contributed by atoms with E-state index < -0.39 is 0 Å². The number of hydrogen-bond donors (Lipinski definition) is 1. The number of amides is 1. The second kappa shape index (κ2) is 9.83. The molecule has 144 valence electrons. The lowest BCUT2D eigenvalue weighted by atomic mass is 10.2. The number of nitrogens with one attached hydrogen (secondary N) is 1. The number of anilines is 1. The Morgan fingerprint density at radius 3 is 2.63 bits per heavy atom. The molecule has 0 spiro atoms. The minimum Gasteiger partial charge on any atom is -0.497 e. The van der Waals surface area contributed by atoms with Gasteiger partial charge >= 0.3 is 0 Å². The van der Waals surface area contributed by atoms with E-state index in [-0.39, 0.29) is 5.91 Å². The fourth-order valence-electron chi connectivity index (χ4n) is 3.14. The molecule has 0 saturated carbocycles. The fraction of sp³-hybridized carbons (Fsp3) is 0.381. The Hall–Kier alpha value is -2.73. The lowest BCUT2D eigenvalue weighted by molar-refractivity contribution is -0.116. The van der Waals surface area contributed by atoms with Crippen molar-refractivity contribution in [1.82, 2.24) is 10.2 Å². The molecule has 1 aromatic carbocycles. The van der Waals surface area contributed by atoms with Gasteiger partial charge in [0.1, 0.15) is 11.5 Å². The van der Waals surface area contributed by atoms with E-state index in [2.05, 4.69) is 27.2 Å². The summed E-state index contributed by atoms with van der Waals surface area (Å²) < 4.78 is 10.4. The van der Waals surface area contributed by atoms with Crippen LogP contribution in [0.4, 0.5) is 5.69 Å². The number of methoxy groups -OCH3 is 1. The zero-order valence-electron chi connectivity index (χ0n) is 15.8. The molecule has 2 aromatic rings. The first-order chi connectivity index (χ1) is 13.2. The van der Waals surface area contributed by atoms with E-state index in [1.165, 1.54) is 11.8 Å². The normalized spacial score (nSPS) is 15.2. The van der Waals surface area contributed by atoms with Gasteiger partial charge in [-0.3, -0.25) is 9.69 Å². The van der Waals surface area contributed by atoms with Gasteiger partial charge in [0.2, 0.25) is 5.91 Å². The highest BCUT2D eigenvalue weighted by atomic mass is 16.5. The number of benzene rings is 1. The van der Waals surface area contributed by atoms with Gasteiger partial charge in [0.25, 0.3) is 0 Å². The Bertz CT molecular complexity index is 718. The molecule has 27 heavy (non-hydrogen) atoms. The highest BCUT2D eigenvalue weighted by Crippen LogP contribution is 2.20. The van der Waals surface area contributed by atoms with Crippen molar-refractivity contribution in [2.24, 2.45) is 0 Å². The molecule has 0 unspecified atom stereocenters. The monoisotopic (exact) mass is 369 g/mol. The van der Waals surface area contributed by atoms with E-state index in [1.807, 2.05) is 18.2 Å². The largest absolute Gasteiger partial charge is 0.497 e. The second-order valence-electron chi connectivity index (χ2n) is 6.52. The van der Waals surface area contributed by atoms with E-state index in [9.17, 15) is 4.79 Å². The van der Waals surface area contributed by atoms with Crippen LogP contribution >= 0.6 is 0 Å². The third-order valence-corrected chi connectivity index (χ3v) is 4.70. The molecule has 0 radical (unpaired) electrons. The van der Waals surface area contributed by atoms with Crippen LogP contribution in [-0.2, 0) is 4.79 Å². The van der Waals surface area contributed by atoms with Gasteiger partial charge in [-0.15, -0.1) is 0 Å². The van der Waals surface area contributed by atoms with Crippen molar-refractivity contribution in [1.29, 1.82) is 0 Å². The van der Waals surface area contributed by atoms with Crippen molar-refractivity contribution in [2.75, 3.05) is 51.3 Å². The highest BCUT2D eigenvalue weighted by Gasteiger charge is 2.16. The van der Waals surface area contributed by atoms with E-state index in [1.54, 1.807) is 25.5 Å². The van der Waals surface area contributed by atoms with Crippen LogP contribution in [0.5, 0.6) is 5.75 Å². The number of furan rings is 1. The summed E-state index contributed by atoms with van der Waals surface area (Å²) in [6, 6.07) is 11.8. The summed E-state index contributed by atoms with van der Waals surface area (Å²) in [6.07, 6.45) is 5.72. The maximum Gasteiger partial charge on any atom is 0.244 e. The van der Waals surface area contributed by atoms with Gasteiger partial charge in [0, 0.05) is 44.5 Å². The van der Waals surface area contributed by atoms with Crippen LogP contribution in [0.15, 0.2) is 53.2 Å². The molecule has 1 N–H and O–H groups in total. The Kier molecular flexibility index (Phi) is 6.93. The zero-order chi connectivity index (χ0) is 18.9. The van der Waals surface area contributed by atoms with Gasteiger partial charge in [-0.05, 0) is 55.4 Å². The van der Waals surface area contributed by atoms with Crippen LogP contribution in [0, 0.1) is 0 Å². The molecule has 6 nitrogen and oxygen atoms in total. The molecule has 1 saturated heterocycles. The number of nitrogens with zero attached hydrogens (tertiary/aromatic N) is 2. The van der Waals surface area contributed by atoms with Crippen LogP contribution < -0.4 is 15.0 Å². The maximum atomic E-state index is 11.8. The van der Waals surface area contributed by atoms with E-state index >= 15 is 0 Å². The van der Waals surface area contributed by atoms with Crippen molar-refractivity contribution in [3.63, 3.8) is 0 Å². The predicted octanol–water partition coefficient (Wildman–Crippen LogP) is 2.63. The molecular weight excluding hydrogens is 342 g/mol. The molecule has 3 rings (SSSR count). The number of carbonyl (C=O) groups excluding carboxylic acids is 1. The first-order valence-corrected chi connectivity index (χ1v) is 9.35. The number of hydrogen-bond acceptors (Lipinski definition) is 5. The number of ether oxygens (including phenoxy) is 1. The summed E-state index contributed by atoms with van der Waals surface area (Å²) in [5, 5.41) is 2.91. The predicted molar refractivity (Wildman–Crippen MR) is 107 cm³/mol. The molecule has 0 atom stereocenters. The SMILES string of the molecule is COc1ccc(N2CCN(CCCNC(=O)C=Cc3ccco3)CC2)cc1. The average molecular weight is 369 g/mol. The summed E-state index contributed by atoms with van der Waals surface area (Å²) in [7, 11) is 1.69. The van der Waals surface area contributed by atoms with Crippen molar-refractivity contribution >= 4 is 17.7 Å². The Labute approximate surface area is 160 Å². The van der Waals surface area contributed by atoms with Gasteiger partial charge < -0.3 is 19.4 Å². The van der Waals surface area contributed by atoms with Gasteiger partial charge in [0.05, 0.1) is 13.4 Å². The number of carbonyl (C=O) groups is 1. The smallest absolute Gasteiger partial charge is 0.244 e. The first kappa shape index (κ1) is 19.0. The van der Waals surface area contributed by atoms with Crippen LogP contribution in [0.25, 0.3) is 6.08 Å². The molecule has 1 aliphatic rings. The minimum atomic E-state index is -0.0873. The van der Waals surface area contributed by atoms with E-state index in [0.717, 1.165) is 44.9 Å². The van der Waals surface area contributed by atoms with Crippen LogP contribution in [0.2, 0.25) is 0 Å². The van der Waals surface area contributed by atoms with Crippen molar-refractivity contribution in [3.05, 3.63) is 54.5 Å². The van der Waals surface area contributed by atoms with E-state index in [4.69, 9.17) is 9.15 Å². The lowest BCUT2D eigenvalue weighted by Gasteiger charge is -2.36. The van der Waals surface area contributed by atoms with Crippen molar-refractivity contribution in [3.8, 4) is 5.75 Å². The minimum absolute atomic E-state index is 0.0873. The molecule has 1 amide bonds. The summed E-state index contributed by atoms with van der Waals surface area (Å²) in [6.45, 7) is 5.80. The van der Waals surface area contributed by atoms with Crippen molar-refractivity contribution in [2.45, 2.75) is 6.42 Å². The summed E-state index contributed by atoms with van der Waals surface area (Å²) >= 11 is 0. The van der Waals surface area contributed by atoms with E-state index in [0.29, 0.717) is 12.3 Å². The number of piperazine rings is 1. The third-order valence-electron chi connectivity index (χ3n) is 4.70. The standard InChI is InChI=1S/C21H27N3O3/c1-26-19-7-5-18(6-8-19)24-15-13-23(14-16-24)12-3-11-22-21(25)10-9-20-4-2-17-27-20/h2,4-10,17H,3,11-16H2,1H3,(H,22,25). The molecule has 0 aliphatic carbocycles. The van der Waals surface area contributed by atoms with Gasteiger partial charge in [-0.25, -0.2) is 0 Å². The highest BCUT2D eigenvalue weighted by molar-refractivity contribution is 5.91. The lowest BCUT2D eigenvalue weighted by Crippen LogP contribution is -2.47. The zero-order valence-corrected chi connectivity index (χ0v) is 15.8. The molecular formula is C21H27N3O3. The Balaban J connectivity index is 1.30. The van der Waals surface area contributed by atoms with Gasteiger partial charge in [0.15, 0.2) is 0 Å². The molecule has 0 bridgehead atoms. The molecule has 1 fully saturated rings. The third kappa shape index (κ3) is 5.89. The molecule has 2 heterocycles. The molecule has 1 aliphatic heterocycles. The Morgan fingerprint density at radius 1 is 1.19 bits per heavy atom. The second-order valence-corrected chi connectivity index (χ2v) is 6.52. The first-order valence-electron chi connectivity index (χ1n) is 9.35. The van der Waals surface area contributed by atoms with Crippen molar-refractivity contribution < 1.29 is 13.9 Å². The summed E-state index contributed by atoms with van der Waals surface area (Å²) in [5.74, 6) is 1.48. The Morgan fingerprint density at radius 2 is 1.96 bits per heavy atom. The number of rotatable bonds is 8. The van der Waals surface area contributed by atoms with Crippen LogP contribution in [0.1, 0.15) is 12.2 Å². The summed E-state index contributed by atoms with van der Waals surface area (Å²) in [5.41, 5.74) is 1.24. The van der Waals surface area contributed by atoms with Gasteiger partial charge in [-0.1, -0.05) is 0 Å². The fourth-order valence-corrected chi connectivity index (χ4v) is 3.14. The van der Waals surface area contributed by atoms with Crippen LogP contribution in [-0.4, -0.2) is 57.2 Å². The average Bonchev–Trinajstić information content (AvgIpc) is 3.24. The maximum absolute atomic E-state index is 11.8. The van der Waals surface area contributed by atoms with Gasteiger partial charge in [-0.2, -0.15) is 0 Å². The quantitative estimate of drug-likeness (QED) is 0.573. The molecule has 6 heteroatoms. The van der Waals surface area contributed by atoms with Crippen LogP contribution in [0.3, 0.4) is 0 Å². The summed E-state index contributed by atoms with van der Waals surface area (Å²) in [4.78, 5) is 16.6. The molecule has 1 aromatic heterocycles.